The molecule has 0 aliphatic carbocycles. The Morgan fingerprint density at radius 2 is 1.94 bits per heavy atom. The largest absolute Gasteiger partial charge is 0.463 e. The van der Waals surface area contributed by atoms with Crippen LogP contribution in [0.25, 0.3) is 0 Å². The third kappa shape index (κ3) is 2.69. The second kappa shape index (κ2) is 5.10. The number of ether oxygens (including phenoxy) is 1. The Balaban J connectivity index is 2.87. The average molecular weight is 227 g/mol. The van der Waals surface area contributed by atoms with Crippen molar-refractivity contribution in [3.8, 4) is 6.01 Å². The van der Waals surface area contributed by atoms with Crippen LogP contribution in [0.5, 0.6) is 6.01 Å². The Labute approximate surface area is 91.8 Å². The van der Waals surface area contributed by atoms with Gasteiger partial charge in [-0.05, 0) is 6.42 Å². The average Bonchev–Trinajstić information content (AvgIpc) is 2.16. The van der Waals surface area contributed by atoms with Gasteiger partial charge in [0.2, 0.25) is 11.6 Å². The highest BCUT2D eigenvalue weighted by molar-refractivity contribution is 5.65. The SMILES string of the molecule is CCCCOc1nc(N)c([N+](=O)[O-])c(N)n1. The maximum absolute atomic E-state index is 10.5. The van der Waals surface area contributed by atoms with Crippen LogP contribution in [0.15, 0.2) is 0 Å². The van der Waals surface area contributed by atoms with Gasteiger partial charge in [-0.1, -0.05) is 13.3 Å². The molecule has 88 valence electrons. The predicted octanol–water partition coefficient (Wildman–Crippen LogP) is 0.728. The number of nitrogens with zero attached hydrogens (tertiary/aromatic N) is 3. The quantitative estimate of drug-likeness (QED) is 0.430. The molecule has 0 spiro atoms. The Kier molecular flexibility index (Phi) is 3.81. The first kappa shape index (κ1) is 12.0. The number of hydrogen-bond donors (Lipinski definition) is 2. The molecule has 1 rings (SSSR count). The molecule has 0 atom stereocenters. The van der Waals surface area contributed by atoms with Crippen molar-refractivity contribution >= 4 is 17.3 Å². The van der Waals surface area contributed by atoms with Gasteiger partial charge in [0.15, 0.2) is 0 Å². The number of nitrogens with two attached hydrogens (primary N) is 2. The summed E-state index contributed by atoms with van der Waals surface area (Å²) < 4.78 is 5.14. The lowest BCUT2D eigenvalue weighted by Gasteiger charge is -2.05. The van der Waals surface area contributed by atoms with Gasteiger partial charge in [-0.15, -0.1) is 0 Å². The van der Waals surface area contributed by atoms with Crippen LogP contribution in [0.1, 0.15) is 19.8 Å². The summed E-state index contributed by atoms with van der Waals surface area (Å²) >= 11 is 0. The van der Waals surface area contributed by atoms with E-state index < -0.39 is 10.6 Å². The van der Waals surface area contributed by atoms with E-state index in [0.29, 0.717) is 6.61 Å². The van der Waals surface area contributed by atoms with Crippen molar-refractivity contribution in [1.82, 2.24) is 9.97 Å². The second-order valence-corrected chi connectivity index (χ2v) is 3.08. The monoisotopic (exact) mass is 227 g/mol. The molecule has 0 saturated carbocycles. The Morgan fingerprint density at radius 1 is 1.38 bits per heavy atom. The Bertz CT molecular complexity index is 372. The van der Waals surface area contributed by atoms with E-state index in [-0.39, 0.29) is 17.6 Å². The minimum atomic E-state index is -0.722. The summed E-state index contributed by atoms with van der Waals surface area (Å²) in [5.74, 6) is -0.576. The van der Waals surface area contributed by atoms with E-state index in [2.05, 4.69) is 9.97 Å². The molecule has 1 heterocycles. The molecule has 0 aromatic carbocycles. The highest BCUT2D eigenvalue weighted by atomic mass is 16.6. The van der Waals surface area contributed by atoms with Crippen LogP contribution in [-0.4, -0.2) is 21.5 Å². The molecule has 0 bridgehead atoms. The number of nitrogen functional groups attached to an aromatic ring is 2. The molecular weight excluding hydrogens is 214 g/mol. The third-order valence-corrected chi connectivity index (χ3v) is 1.83. The summed E-state index contributed by atoms with van der Waals surface area (Å²) in [5.41, 5.74) is 10.3. The molecule has 4 N–H and O–H groups in total. The zero-order valence-electron chi connectivity index (χ0n) is 8.84. The van der Waals surface area contributed by atoms with Gasteiger partial charge < -0.3 is 16.2 Å². The first-order valence-electron chi connectivity index (χ1n) is 4.76. The van der Waals surface area contributed by atoms with Gasteiger partial charge >= 0.3 is 11.7 Å². The molecule has 8 nitrogen and oxygen atoms in total. The summed E-state index contributed by atoms with van der Waals surface area (Å²) in [6, 6.07) is -0.0333. The third-order valence-electron chi connectivity index (χ3n) is 1.83. The van der Waals surface area contributed by atoms with E-state index in [1.807, 2.05) is 6.92 Å². The van der Waals surface area contributed by atoms with Crippen molar-refractivity contribution in [1.29, 1.82) is 0 Å². The van der Waals surface area contributed by atoms with Crippen LogP contribution in [0, 0.1) is 10.1 Å². The van der Waals surface area contributed by atoms with Crippen molar-refractivity contribution in [2.75, 3.05) is 18.1 Å². The first-order chi connectivity index (χ1) is 7.56. The number of rotatable bonds is 5. The number of unbranched alkanes of at least 4 members (excludes halogenated alkanes) is 1. The van der Waals surface area contributed by atoms with Gasteiger partial charge in [-0.25, -0.2) is 0 Å². The molecule has 8 heteroatoms. The summed E-state index contributed by atoms with van der Waals surface area (Å²) in [6.07, 6.45) is 1.79. The fourth-order valence-corrected chi connectivity index (χ4v) is 1.03. The summed E-state index contributed by atoms with van der Waals surface area (Å²) in [4.78, 5) is 17.1. The molecule has 0 saturated heterocycles. The molecule has 0 fully saturated rings. The number of hydrogen-bond acceptors (Lipinski definition) is 7. The number of anilines is 2. The Hall–Kier alpha value is -2.12. The maximum Gasteiger partial charge on any atom is 0.353 e. The van der Waals surface area contributed by atoms with E-state index in [9.17, 15) is 10.1 Å². The van der Waals surface area contributed by atoms with Crippen LogP contribution < -0.4 is 16.2 Å². The van der Waals surface area contributed by atoms with Crippen molar-refractivity contribution < 1.29 is 9.66 Å². The lowest BCUT2D eigenvalue weighted by molar-refractivity contribution is -0.383. The fourth-order valence-electron chi connectivity index (χ4n) is 1.03. The minimum Gasteiger partial charge on any atom is -0.463 e. The van der Waals surface area contributed by atoms with Gasteiger partial charge in [0.25, 0.3) is 0 Å². The van der Waals surface area contributed by atoms with Crippen LogP contribution >= 0.6 is 0 Å². The van der Waals surface area contributed by atoms with Gasteiger partial charge in [-0.3, -0.25) is 10.1 Å². The normalized spacial score (nSPS) is 10.1. The lowest BCUT2D eigenvalue weighted by atomic mass is 10.4. The van der Waals surface area contributed by atoms with Crippen molar-refractivity contribution in [2.45, 2.75) is 19.8 Å². The molecule has 1 aromatic rings. The maximum atomic E-state index is 10.5. The highest BCUT2D eigenvalue weighted by Gasteiger charge is 2.21. The Morgan fingerprint density at radius 3 is 2.38 bits per heavy atom. The summed E-state index contributed by atoms with van der Waals surface area (Å²) in [5, 5.41) is 10.5. The van der Waals surface area contributed by atoms with Crippen LogP contribution in [0.4, 0.5) is 17.3 Å². The first-order valence-corrected chi connectivity index (χ1v) is 4.76. The topological polar surface area (TPSA) is 130 Å². The molecule has 16 heavy (non-hydrogen) atoms. The van der Waals surface area contributed by atoms with E-state index in [1.54, 1.807) is 0 Å². The van der Waals surface area contributed by atoms with Crippen molar-refractivity contribution in [3.63, 3.8) is 0 Å². The van der Waals surface area contributed by atoms with Gasteiger partial charge in [0.05, 0.1) is 11.5 Å². The van der Waals surface area contributed by atoms with Gasteiger partial charge in [0, 0.05) is 0 Å². The zero-order chi connectivity index (χ0) is 12.1. The summed E-state index contributed by atoms with van der Waals surface area (Å²) in [7, 11) is 0. The van der Waals surface area contributed by atoms with Crippen molar-refractivity contribution in [3.05, 3.63) is 10.1 Å². The minimum absolute atomic E-state index is 0.0333. The van der Waals surface area contributed by atoms with Gasteiger partial charge in [0.1, 0.15) is 0 Å². The number of nitro groups is 1. The number of aromatic nitrogens is 2. The van der Waals surface area contributed by atoms with Crippen LogP contribution in [0.3, 0.4) is 0 Å². The molecular formula is C8H13N5O3. The lowest BCUT2D eigenvalue weighted by Crippen LogP contribution is -2.08. The van der Waals surface area contributed by atoms with E-state index >= 15 is 0 Å². The van der Waals surface area contributed by atoms with E-state index in [0.717, 1.165) is 12.8 Å². The predicted molar refractivity (Wildman–Crippen MR) is 57.9 cm³/mol. The van der Waals surface area contributed by atoms with Crippen LogP contribution in [-0.2, 0) is 0 Å². The molecule has 0 amide bonds. The van der Waals surface area contributed by atoms with Gasteiger partial charge in [-0.2, -0.15) is 9.97 Å². The summed E-state index contributed by atoms with van der Waals surface area (Å²) in [6.45, 7) is 2.43. The molecule has 0 aliphatic heterocycles. The highest BCUT2D eigenvalue weighted by Crippen LogP contribution is 2.26. The van der Waals surface area contributed by atoms with Crippen LogP contribution in [0.2, 0.25) is 0 Å². The molecule has 0 aliphatic rings. The zero-order valence-corrected chi connectivity index (χ0v) is 8.84. The fraction of sp³-hybridized carbons (Fsp3) is 0.500. The standard InChI is InChI=1S/C8H13N5O3/c1-2-3-4-16-8-11-6(9)5(13(14)15)7(10)12-8/h2-4H2,1H3,(H4,9,10,11,12). The van der Waals surface area contributed by atoms with Crippen molar-refractivity contribution in [2.24, 2.45) is 0 Å². The van der Waals surface area contributed by atoms with E-state index in [1.165, 1.54) is 0 Å². The second-order valence-electron chi connectivity index (χ2n) is 3.08. The molecule has 0 radical (unpaired) electrons. The van der Waals surface area contributed by atoms with E-state index in [4.69, 9.17) is 16.2 Å². The molecule has 0 unspecified atom stereocenters. The molecule has 1 aromatic heterocycles. The smallest absolute Gasteiger partial charge is 0.353 e.